The second-order valence-corrected chi connectivity index (χ2v) is 5.50. The fourth-order valence-corrected chi connectivity index (χ4v) is 2.54. The van der Waals surface area contributed by atoms with Crippen molar-refractivity contribution in [2.45, 2.75) is 6.92 Å². The van der Waals surface area contributed by atoms with Crippen molar-refractivity contribution in [1.82, 2.24) is 10.2 Å². The van der Waals surface area contributed by atoms with Gasteiger partial charge in [-0.15, -0.1) is 0 Å². The van der Waals surface area contributed by atoms with Crippen LogP contribution in [-0.4, -0.2) is 55.7 Å². The van der Waals surface area contributed by atoms with Gasteiger partial charge in [0.2, 0.25) is 12.7 Å². The zero-order valence-corrected chi connectivity index (χ0v) is 13.2. The van der Waals surface area contributed by atoms with Gasteiger partial charge in [0.05, 0.1) is 12.5 Å². The molecule has 0 spiro atoms. The third-order valence-corrected chi connectivity index (χ3v) is 3.87. The van der Waals surface area contributed by atoms with E-state index in [-0.39, 0.29) is 37.7 Å². The molecule has 1 aromatic carbocycles. The molecule has 24 heavy (non-hydrogen) atoms. The van der Waals surface area contributed by atoms with Crippen LogP contribution < -0.4 is 14.8 Å². The maximum Gasteiger partial charge on any atom is 0.325 e. The van der Waals surface area contributed by atoms with Crippen LogP contribution in [0, 0.1) is 5.92 Å². The second-order valence-electron chi connectivity index (χ2n) is 5.50. The monoisotopic (exact) mass is 334 g/mol. The van der Waals surface area contributed by atoms with E-state index >= 15 is 0 Å². The molecule has 0 aliphatic carbocycles. The number of hydrogen-bond acceptors (Lipinski definition) is 6. The van der Waals surface area contributed by atoms with Crippen LogP contribution in [0.4, 0.5) is 0 Å². The van der Waals surface area contributed by atoms with Crippen molar-refractivity contribution < 1.29 is 28.6 Å². The van der Waals surface area contributed by atoms with Crippen LogP contribution in [0.3, 0.4) is 0 Å². The molecule has 2 aliphatic rings. The van der Waals surface area contributed by atoms with E-state index in [1.165, 1.54) is 0 Å². The van der Waals surface area contributed by atoms with Crippen LogP contribution in [0.1, 0.15) is 17.3 Å². The summed E-state index contributed by atoms with van der Waals surface area (Å²) in [5.74, 6) is -0.0344. The Morgan fingerprint density at radius 1 is 1.25 bits per heavy atom. The first kappa shape index (κ1) is 16.1. The minimum absolute atomic E-state index is 0.152. The molecule has 1 aromatic rings. The molecule has 1 saturated heterocycles. The first-order chi connectivity index (χ1) is 11.6. The fourth-order valence-electron chi connectivity index (χ4n) is 2.54. The van der Waals surface area contributed by atoms with Crippen LogP contribution in [0.25, 0.3) is 0 Å². The molecule has 8 nitrogen and oxygen atoms in total. The number of fused-ring (bicyclic) bond motifs is 1. The third kappa shape index (κ3) is 3.27. The van der Waals surface area contributed by atoms with E-state index in [2.05, 4.69) is 5.32 Å². The number of likely N-dealkylation sites (tertiary alicyclic amines) is 1. The van der Waals surface area contributed by atoms with Gasteiger partial charge in [0.25, 0.3) is 5.91 Å². The van der Waals surface area contributed by atoms with Crippen LogP contribution in [0.15, 0.2) is 18.2 Å². The highest BCUT2D eigenvalue weighted by molar-refractivity contribution is 5.97. The molecule has 0 atom stereocenters. The lowest BCUT2D eigenvalue weighted by Crippen LogP contribution is -2.56. The van der Waals surface area contributed by atoms with Crippen molar-refractivity contribution in [3.63, 3.8) is 0 Å². The molecule has 0 saturated carbocycles. The van der Waals surface area contributed by atoms with Gasteiger partial charge in [0, 0.05) is 18.7 Å². The highest BCUT2D eigenvalue weighted by atomic mass is 16.7. The number of esters is 1. The van der Waals surface area contributed by atoms with Crippen molar-refractivity contribution in [2.75, 3.05) is 33.0 Å². The summed E-state index contributed by atoms with van der Waals surface area (Å²) < 4.78 is 15.2. The summed E-state index contributed by atoms with van der Waals surface area (Å²) in [5, 5.41) is 2.51. The minimum atomic E-state index is -0.474. The van der Waals surface area contributed by atoms with Gasteiger partial charge in [0.15, 0.2) is 11.5 Å². The molecule has 2 heterocycles. The molecule has 128 valence electrons. The number of benzene rings is 1. The lowest BCUT2D eigenvalue weighted by atomic mass is 9.97. The number of nitrogens with zero attached hydrogens (tertiary/aromatic N) is 1. The number of hydrogen-bond donors (Lipinski definition) is 1. The third-order valence-electron chi connectivity index (χ3n) is 3.87. The number of rotatable bonds is 5. The topological polar surface area (TPSA) is 94.2 Å². The van der Waals surface area contributed by atoms with Crippen LogP contribution >= 0.6 is 0 Å². The highest BCUT2D eigenvalue weighted by Crippen LogP contribution is 2.33. The summed E-state index contributed by atoms with van der Waals surface area (Å²) in [6.07, 6.45) is 0. The molecule has 8 heteroatoms. The van der Waals surface area contributed by atoms with E-state index < -0.39 is 5.97 Å². The van der Waals surface area contributed by atoms with Gasteiger partial charge in [-0.25, -0.2) is 0 Å². The molecule has 0 radical (unpaired) electrons. The van der Waals surface area contributed by atoms with E-state index in [1.54, 1.807) is 30.0 Å². The molecule has 0 aromatic heterocycles. The van der Waals surface area contributed by atoms with E-state index in [1.807, 2.05) is 0 Å². The van der Waals surface area contributed by atoms with Gasteiger partial charge < -0.3 is 24.4 Å². The predicted molar refractivity (Wildman–Crippen MR) is 81.6 cm³/mol. The quantitative estimate of drug-likeness (QED) is 0.771. The van der Waals surface area contributed by atoms with Gasteiger partial charge >= 0.3 is 5.97 Å². The Morgan fingerprint density at radius 2 is 2.00 bits per heavy atom. The van der Waals surface area contributed by atoms with Crippen LogP contribution in [0.2, 0.25) is 0 Å². The van der Waals surface area contributed by atoms with E-state index in [0.717, 1.165) is 0 Å². The van der Waals surface area contributed by atoms with E-state index in [9.17, 15) is 14.4 Å². The van der Waals surface area contributed by atoms with Crippen molar-refractivity contribution in [2.24, 2.45) is 5.92 Å². The zero-order valence-electron chi connectivity index (χ0n) is 13.2. The summed E-state index contributed by atoms with van der Waals surface area (Å²) in [7, 11) is 0. The van der Waals surface area contributed by atoms with Gasteiger partial charge in [-0.05, 0) is 25.1 Å². The maximum atomic E-state index is 12.4. The number of carbonyl (C=O) groups is 3. The normalized spacial score (nSPS) is 15.6. The summed E-state index contributed by atoms with van der Waals surface area (Å²) in [6.45, 7) is 2.61. The Labute approximate surface area is 138 Å². The van der Waals surface area contributed by atoms with Crippen molar-refractivity contribution in [3.05, 3.63) is 23.8 Å². The molecule has 2 amide bonds. The molecule has 0 unspecified atom stereocenters. The smallest absolute Gasteiger partial charge is 0.325 e. The minimum Gasteiger partial charge on any atom is -0.465 e. The van der Waals surface area contributed by atoms with Gasteiger partial charge in [0.1, 0.15) is 6.54 Å². The van der Waals surface area contributed by atoms with E-state index in [0.29, 0.717) is 30.2 Å². The maximum absolute atomic E-state index is 12.4. The lowest BCUT2D eigenvalue weighted by molar-refractivity contribution is -0.144. The molecule has 3 rings (SSSR count). The standard InChI is InChI=1S/C16H18N2O6/c1-2-22-14(19)6-17-15(20)11-7-18(8-11)16(21)10-3-4-12-13(5-10)24-9-23-12/h3-5,11H,2,6-9H2,1H3,(H,17,20). The second kappa shape index (κ2) is 6.77. The molecule has 0 bridgehead atoms. The predicted octanol–water partition coefficient (Wildman–Crippen LogP) is 0.167. The number of ether oxygens (including phenoxy) is 3. The summed E-state index contributed by atoms with van der Waals surface area (Å²) >= 11 is 0. The first-order valence-electron chi connectivity index (χ1n) is 7.70. The Hall–Kier alpha value is -2.77. The lowest BCUT2D eigenvalue weighted by Gasteiger charge is -2.38. The molecule has 2 aliphatic heterocycles. The van der Waals surface area contributed by atoms with Gasteiger partial charge in [-0.3, -0.25) is 14.4 Å². The Balaban J connectivity index is 1.48. The average molecular weight is 334 g/mol. The SMILES string of the molecule is CCOC(=O)CNC(=O)C1CN(C(=O)c2ccc3c(c2)OCO3)C1. The van der Waals surface area contributed by atoms with Crippen molar-refractivity contribution in [1.29, 1.82) is 0 Å². The Kier molecular flexibility index (Phi) is 4.54. The molecule has 1 fully saturated rings. The van der Waals surface area contributed by atoms with Crippen molar-refractivity contribution in [3.8, 4) is 11.5 Å². The average Bonchev–Trinajstić information content (AvgIpc) is 2.99. The summed E-state index contributed by atoms with van der Waals surface area (Å²) in [6, 6.07) is 5.00. The van der Waals surface area contributed by atoms with Crippen LogP contribution in [0.5, 0.6) is 11.5 Å². The number of amides is 2. The number of carbonyl (C=O) groups excluding carboxylic acids is 3. The molecule has 1 N–H and O–H groups in total. The van der Waals surface area contributed by atoms with Crippen LogP contribution in [-0.2, 0) is 14.3 Å². The Bertz CT molecular complexity index is 669. The largest absolute Gasteiger partial charge is 0.465 e. The molecular weight excluding hydrogens is 316 g/mol. The van der Waals surface area contributed by atoms with Crippen molar-refractivity contribution >= 4 is 17.8 Å². The first-order valence-corrected chi connectivity index (χ1v) is 7.70. The van der Waals surface area contributed by atoms with Gasteiger partial charge in [-0.2, -0.15) is 0 Å². The van der Waals surface area contributed by atoms with Gasteiger partial charge in [-0.1, -0.05) is 0 Å². The highest BCUT2D eigenvalue weighted by Gasteiger charge is 2.36. The summed E-state index contributed by atoms with van der Waals surface area (Å²) in [4.78, 5) is 37.0. The van der Waals surface area contributed by atoms with E-state index in [4.69, 9.17) is 14.2 Å². The fraction of sp³-hybridized carbons (Fsp3) is 0.438. The molecular formula is C16H18N2O6. The summed E-state index contributed by atoms with van der Waals surface area (Å²) in [5.41, 5.74) is 0.490. The Morgan fingerprint density at radius 3 is 2.75 bits per heavy atom. The zero-order chi connectivity index (χ0) is 17.1. The number of nitrogens with one attached hydrogen (secondary N) is 1.